The molecule has 0 aliphatic heterocycles. The zero-order valence-corrected chi connectivity index (χ0v) is 13.2. The van der Waals surface area contributed by atoms with E-state index >= 15 is 0 Å². The Morgan fingerprint density at radius 3 is 2.39 bits per heavy atom. The van der Waals surface area contributed by atoms with Gasteiger partial charge in [0, 0.05) is 10.9 Å². The number of alkyl halides is 1. The number of nitrogens with one attached hydrogen (secondary N) is 1. The number of sulfonamides is 1. The Hall–Kier alpha value is -0.390. The minimum Gasteiger partial charge on any atom is -0.212 e. The average Bonchev–Trinajstić information content (AvgIpc) is 2.29. The lowest BCUT2D eigenvalue weighted by molar-refractivity contribution is 0.392. The molecule has 1 atom stereocenters. The predicted octanol–water partition coefficient (Wildman–Crippen LogP) is 3.06. The molecule has 18 heavy (non-hydrogen) atoms. The molecule has 1 unspecified atom stereocenters. The molecule has 0 aliphatic carbocycles. The first-order valence-corrected chi connectivity index (χ1v) is 8.80. The summed E-state index contributed by atoms with van der Waals surface area (Å²) in [5.74, 6) is 0.0334. The highest BCUT2D eigenvalue weighted by atomic mass is 79.9. The smallest absolute Gasteiger partial charge is 0.212 e. The van der Waals surface area contributed by atoms with Gasteiger partial charge in [0.15, 0.2) is 0 Å². The lowest BCUT2D eigenvalue weighted by Gasteiger charge is -2.28. The van der Waals surface area contributed by atoms with Crippen LogP contribution in [0.2, 0.25) is 0 Å². The SMILES string of the molecule is CCC(C)(CCBr)NS(=O)(=O)Cc1ccccc1. The molecule has 102 valence electrons. The number of hydrogen-bond acceptors (Lipinski definition) is 2. The minimum absolute atomic E-state index is 0.0334. The van der Waals surface area contributed by atoms with Crippen molar-refractivity contribution in [2.45, 2.75) is 38.0 Å². The molecule has 0 saturated heterocycles. The van der Waals surface area contributed by atoms with Gasteiger partial charge in [-0.15, -0.1) is 0 Å². The van der Waals surface area contributed by atoms with E-state index in [4.69, 9.17) is 0 Å². The first-order valence-electron chi connectivity index (χ1n) is 6.02. The molecule has 1 aromatic carbocycles. The Morgan fingerprint density at radius 1 is 1.28 bits per heavy atom. The van der Waals surface area contributed by atoms with Crippen molar-refractivity contribution in [2.75, 3.05) is 5.33 Å². The van der Waals surface area contributed by atoms with Crippen LogP contribution in [0.5, 0.6) is 0 Å². The molecule has 0 bridgehead atoms. The monoisotopic (exact) mass is 333 g/mol. The Morgan fingerprint density at radius 2 is 1.89 bits per heavy atom. The van der Waals surface area contributed by atoms with E-state index in [9.17, 15) is 8.42 Å². The third kappa shape index (κ3) is 5.08. The summed E-state index contributed by atoms with van der Waals surface area (Å²) in [6.07, 6.45) is 1.55. The maximum Gasteiger partial charge on any atom is 0.216 e. The average molecular weight is 334 g/mol. The Labute approximate surface area is 118 Å². The third-order valence-electron chi connectivity index (χ3n) is 3.03. The van der Waals surface area contributed by atoms with Crippen molar-refractivity contribution in [2.24, 2.45) is 0 Å². The molecule has 0 spiro atoms. The summed E-state index contributed by atoms with van der Waals surface area (Å²) in [4.78, 5) is 0. The van der Waals surface area contributed by atoms with Crippen LogP contribution in [-0.2, 0) is 15.8 Å². The fourth-order valence-electron chi connectivity index (χ4n) is 1.71. The van der Waals surface area contributed by atoms with E-state index in [0.717, 1.165) is 23.7 Å². The van der Waals surface area contributed by atoms with E-state index in [0.29, 0.717) is 0 Å². The number of halogens is 1. The van der Waals surface area contributed by atoms with E-state index < -0.39 is 10.0 Å². The summed E-state index contributed by atoms with van der Waals surface area (Å²) >= 11 is 3.37. The summed E-state index contributed by atoms with van der Waals surface area (Å²) in [6, 6.07) is 9.23. The van der Waals surface area contributed by atoms with Crippen molar-refractivity contribution in [3.63, 3.8) is 0 Å². The molecule has 0 heterocycles. The second-order valence-corrected chi connectivity index (χ2v) is 7.22. The largest absolute Gasteiger partial charge is 0.216 e. The summed E-state index contributed by atoms with van der Waals surface area (Å²) in [5.41, 5.74) is 0.430. The fourth-order valence-corrected chi connectivity index (χ4v) is 4.29. The molecule has 1 N–H and O–H groups in total. The summed E-state index contributed by atoms with van der Waals surface area (Å²) < 4.78 is 27.1. The molecule has 0 saturated carbocycles. The van der Waals surface area contributed by atoms with Crippen molar-refractivity contribution in [1.82, 2.24) is 4.72 Å². The topological polar surface area (TPSA) is 46.2 Å². The van der Waals surface area contributed by atoms with Gasteiger partial charge in [0.05, 0.1) is 5.75 Å². The maximum absolute atomic E-state index is 12.1. The van der Waals surface area contributed by atoms with Crippen LogP contribution < -0.4 is 4.72 Å². The predicted molar refractivity (Wildman–Crippen MR) is 79.3 cm³/mol. The lowest BCUT2D eigenvalue weighted by Crippen LogP contribution is -2.46. The number of hydrogen-bond donors (Lipinski definition) is 1. The third-order valence-corrected chi connectivity index (χ3v) is 4.94. The van der Waals surface area contributed by atoms with Gasteiger partial charge in [-0.25, -0.2) is 13.1 Å². The van der Waals surface area contributed by atoms with Gasteiger partial charge in [0.2, 0.25) is 10.0 Å². The van der Waals surface area contributed by atoms with E-state index in [1.165, 1.54) is 0 Å². The molecule has 5 heteroatoms. The molecular weight excluding hydrogens is 314 g/mol. The van der Waals surface area contributed by atoms with Crippen LogP contribution in [0.25, 0.3) is 0 Å². The number of rotatable bonds is 7. The Balaban J connectivity index is 2.76. The van der Waals surface area contributed by atoms with Crippen LogP contribution in [0.3, 0.4) is 0 Å². The highest BCUT2D eigenvalue weighted by Crippen LogP contribution is 2.18. The zero-order chi connectivity index (χ0) is 13.6. The van der Waals surface area contributed by atoms with Crippen molar-refractivity contribution in [3.05, 3.63) is 35.9 Å². The first kappa shape index (κ1) is 15.7. The van der Waals surface area contributed by atoms with Crippen LogP contribution >= 0.6 is 15.9 Å². The van der Waals surface area contributed by atoms with E-state index in [1.54, 1.807) is 0 Å². The fraction of sp³-hybridized carbons (Fsp3) is 0.538. The van der Waals surface area contributed by atoms with Gasteiger partial charge in [-0.05, 0) is 25.3 Å². The van der Waals surface area contributed by atoms with Crippen LogP contribution in [0.1, 0.15) is 32.3 Å². The van der Waals surface area contributed by atoms with Gasteiger partial charge in [-0.3, -0.25) is 0 Å². The highest BCUT2D eigenvalue weighted by molar-refractivity contribution is 9.09. The van der Waals surface area contributed by atoms with Gasteiger partial charge >= 0.3 is 0 Å². The summed E-state index contributed by atoms with van der Waals surface area (Å²) in [7, 11) is -3.30. The Kier molecular flexibility index (Phi) is 5.82. The van der Waals surface area contributed by atoms with Gasteiger partial charge in [0.25, 0.3) is 0 Å². The molecule has 1 aromatic rings. The quantitative estimate of drug-likeness (QED) is 0.779. The van der Waals surface area contributed by atoms with Crippen molar-refractivity contribution >= 4 is 26.0 Å². The maximum atomic E-state index is 12.1. The summed E-state index contributed by atoms with van der Waals surface area (Å²) in [5, 5.41) is 0.783. The number of benzene rings is 1. The lowest BCUT2D eigenvalue weighted by atomic mass is 9.98. The van der Waals surface area contributed by atoms with E-state index in [-0.39, 0.29) is 11.3 Å². The van der Waals surface area contributed by atoms with Gasteiger partial charge in [-0.2, -0.15) is 0 Å². The molecule has 0 fully saturated rings. The zero-order valence-electron chi connectivity index (χ0n) is 10.8. The second-order valence-electron chi connectivity index (χ2n) is 4.70. The molecule has 3 nitrogen and oxygen atoms in total. The van der Waals surface area contributed by atoms with Crippen LogP contribution in [0.4, 0.5) is 0 Å². The minimum atomic E-state index is -3.30. The summed E-state index contributed by atoms with van der Waals surface area (Å²) in [6.45, 7) is 3.94. The molecule has 1 rings (SSSR count). The molecular formula is C13H20BrNO2S. The van der Waals surface area contributed by atoms with Gasteiger partial charge in [0.1, 0.15) is 0 Å². The second kappa shape index (κ2) is 6.68. The molecule has 0 aliphatic rings. The molecule has 0 amide bonds. The van der Waals surface area contributed by atoms with Crippen LogP contribution in [0.15, 0.2) is 30.3 Å². The van der Waals surface area contributed by atoms with Crippen molar-refractivity contribution in [3.8, 4) is 0 Å². The highest BCUT2D eigenvalue weighted by Gasteiger charge is 2.27. The van der Waals surface area contributed by atoms with E-state index in [1.807, 2.05) is 44.2 Å². The first-order chi connectivity index (χ1) is 8.41. The molecule has 0 radical (unpaired) electrons. The van der Waals surface area contributed by atoms with Gasteiger partial charge in [-0.1, -0.05) is 53.2 Å². The van der Waals surface area contributed by atoms with Gasteiger partial charge < -0.3 is 0 Å². The van der Waals surface area contributed by atoms with Crippen LogP contribution in [0, 0.1) is 0 Å². The molecule has 0 aromatic heterocycles. The van der Waals surface area contributed by atoms with E-state index in [2.05, 4.69) is 20.7 Å². The normalized spacial score (nSPS) is 15.3. The standard InChI is InChI=1S/C13H20BrNO2S/c1-3-13(2,9-10-14)15-18(16,17)11-12-7-5-4-6-8-12/h4-8,15H,3,9-11H2,1-2H3. The Bertz CT molecular complexity index is 461. The van der Waals surface area contributed by atoms with Crippen molar-refractivity contribution < 1.29 is 8.42 Å². The van der Waals surface area contributed by atoms with Crippen molar-refractivity contribution in [1.29, 1.82) is 0 Å². The van der Waals surface area contributed by atoms with Crippen LogP contribution in [-0.4, -0.2) is 19.3 Å².